The maximum atomic E-state index is 12.9. The number of amides is 1. The summed E-state index contributed by atoms with van der Waals surface area (Å²) in [5.74, 6) is 0.0255. The van der Waals surface area contributed by atoms with Crippen molar-refractivity contribution in [3.05, 3.63) is 59.5 Å². The Morgan fingerprint density at radius 3 is 2.73 bits per heavy atom. The molecule has 0 bridgehead atoms. The second-order valence-corrected chi connectivity index (χ2v) is 6.33. The maximum Gasteiger partial charge on any atom is 0.255 e. The van der Waals surface area contributed by atoms with E-state index in [1.54, 1.807) is 12.3 Å². The van der Waals surface area contributed by atoms with Crippen LogP contribution in [0.5, 0.6) is 0 Å². The van der Waals surface area contributed by atoms with Crippen LogP contribution in [-0.4, -0.2) is 33.3 Å². The molecule has 0 spiro atoms. The summed E-state index contributed by atoms with van der Waals surface area (Å²) < 4.78 is 1.89. The van der Waals surface area contributed by atoms with Crippen LogP contribution in [0.4, 0.5) is 0 Å². The summed E-state index contributed by atoms with van der Waals surface area (Å²) in [7, 11) is 0. The Kier molecular flexibility index (Phi) is 5.04. The number of benzene rings is 1. The van der Waals surface area contributed by atoms with Gasteiger partial charge in [-0.3, -0.25) is 4.79 Å². The van der Waals surface area contributed by atoms with Crippen LogP contribution in [0.15, 0.2) is 42.9 Å². The summed E-state index contributed by atoms with van der Waals surface area (Å²) >= 11 is 0. The van der Waals surface area contributed by atoms with Crippen molar-refractivity contribution in [3.63, 3.8) is 0 Å². The molecule has 5 nitrogen and oxygen atoms in total. The summed E-state index contributed by atoms with van der Waals surface area (Å²) in [6.45, 7) is 7.46. The van der Waals surface area contributed by atoms with Crippen LogP contribution < -0.4 is 0 Å². The first-order valence-corrected chi connectivity index (χ1v) is 8.86. The van der Waals surface area contributed by atoms with E-state index in [-0.39, 0.29) is 5.91 Å². The van der Waals surface area contributed by atoms with E-state index in [1.165, 1.54) is 0 Å². The van der Waals surface area contributed by atoms with Crippen LogP contribution in [0, 0.1) is 18.3 Å². The minimum atomic E-state index is 0.0255. The smallest absolute Gasteiger partial charge is 0.255 e. The molecule has 0 atom stereocenters. The van der Waals surface area contributed by atoms with Gasteiger partial charge in [-0.2, -0.15) is 5.26 Å². The highest BCUT2D eigenvalue weighted by molar-refractivity contribution is 5.97. The summed E-state index contributed by atoms with van der Waals surface area (Å²) in [5, 5.41) is 9.10. The zero-order chi connectivity index (χ0) is 18.7. The lowest BCUT2D eigenvalue weighted by molar-refractivity contribution is 0.0764. The van der Waals surface area contributed by atoms with E-state index >= 15 is 0 Å². The van der Waals surface area contributed by atoms with Gasteiger partial charge < -0.3 is 9.30 Å². The van der Waals surface area contributed by atoms with Crippen molar-refractivity contribution in [2.45, 2.75) is 27.2 Å². The van der Waals surface area contributed by atoms with Gasteiger partial charge in [-0.15, -0.1) is 0 Å². The molecule has 2 aromatic heterocycles. The molecule has 0 saturated carbocycles. The van der Waals surface area contributed by atoms with Crippen LogP contribution in [0.3, 0.4) is 0 Å². The normalized spacial score (nSPS) is 10.7. The fraction of sp³-hybridized carbons (Fsp3) is 0.286. The SMILES string of the molecule is CCCN(CC)C(=O)c1cc(-c2ccc(C#N)cc2C)c2nccn2c1. The molecule has 3 aromatic rings. The average Bonchev–Trinajstić information content (AvgIpc) is 3.13. The van der Waals surface area contributed by atoms with Gasteiger partial charge in [0.15, 0.2) is 0 Å². The number of imidazole rings is 1. The number of pyridine rings is 1. The number of fused-ring (bicyclic) bond motifs is 1. The highest BCUT2D eigenvalue weighted by Crippen LogP contribution is 2.29. The first-order valence-electron chi connectivity index (χ1n) is 8.86. The molecule has 3 rings (SSSR count). The highest BCUT2D eigenvalue weighted by atomic mass is 16.2. The molecule has 2 heterocycles. The number of nitriles is 1. The Balaban J connectivity index is 2.16. The molecule has 0 unspecified atom stereocenters. The number of aryl methyl sites for hydroxylation is 1. The molecule has 5 heteroatoms. The quantitative estimate of drug-likeness (QED) is 0.700. The molecule has 0 saturated heterocycles. The van der Waals surface area contributed by atoms with E-state index in [0.29, 0.717) is 17.7 Å². The van der Waals surface area contributed by atoms with Crippen LogP contribution in [0.25, 0.3) is 16.8 Å². The molecular formula is C21H22N4O. The highest BCUT2D eigenvalue weighted by Gasteiger charge is 2.18. The summed E-state index contributed by atoms with van der Waals surface area (Å²) in [4.78, 5) is 19.3. The van der Waals surface area contributed by atoms with Crippen molar-refractivity contribution in [2.75, 3.05) is 13.1 Å². The van der Waals surface area contributed by atoms with Crippen molar-refractivity contribution >= 4 is 11.6 Å². The summed E-state index contributed by atoms with van der Waals surface area (Å²) in [5.41, 5.74) is 4.93. The zero-order valence-electron chi connectivity index (χ0n) is 15.4. The number of rotatable bonds is 5. The minimum Gasteiger partial charge on any atom is -0.339 e. The van der Waals surface area contributed by atoms with Crippen LogP contribution in [0.1, 0.15) is 41.8 Å². The minimum absolute atomic E-state index is 0.0255. The van der Waals surface area contributed by atoms with Gasteiger partial charge in [0, 0.05) is 37.2 Å². The van der Waals surface area contributed by atoms with E-state index in [1.807, 2.05) is 53.7 Å². The van der Waals surface area contributed by atoms with E-state index in [9.17, 15) is 4.79 Å². The van der Waals surface area contributed by atoms with Gasteiger partial charge >= 0.3 is 0 Å². The largest absolute Gasteiger partial charge is 0.339 e. The molecule has 0 N–H and O–H groups in total. The predicted molar refractivity (Wildman–Crippen MR) is 102 cm³/mol. The second kappa shape index (κ2) is 7.40. The molecule has 0 radical (unpaired) electrons. The first kappa shape index (κ1) is 17.7. The van der Waals surface area contributed by atoms with Crippen molar-refractivity contribution < 1.29 is 4.79 Å². The Bertz CT molecular complexity index is 997. The van der Waals surface area contributed by atoms with Crippen LogP contribution in [-0.2, 0) is 0 Å². The Labute approximate surface area is 153 Å². The molecule has 0 fully saturated rings. The van der Waals surface area contributed by atoms with Crippen molar-refractivity contribution in [2.24, 2.45) is 0 Å². The monoisotopic (exact) mass is 346 g/mol. The third-order valence-electron chi connectivity index (χ3n) is 4.54. The third kappa shape index (κ3) is 3.18. The van der Waals surface area contributed by atoms with E-state index in [0.717, 1.165) is 35.3 Å². The lowest BCUT2D eigenvalue weighted by atomic mass is 9.98. The van der Waals surface area contributed by atoms with Gasteiger partial charge in [0.1, 0.15) is 5.65 Å². The fourth-order valence-electron chi connectivity index (χ4n) is 3.24. The van der Waals surface area contributed by atoms with Crippen molar-refractivity contribution in [3.8, 4) is 17.2 Å². The number of nitrogens with zero attached hydrogens (tertiary/aromatic N) is 4. The first-order chi connectivity index (χ1) is 12.6. The Morgan fingerprint density at radius 2 is 2.08 bits per heavy atom. The molecular weight excluding hydrogens is 324 g/mol. The lowest BCUT2D eigenvalue weighted by Crippen LogP contribution is -2.31. The van der Waals surface area contributed by atoms with Gasteiger partial charge in [-0.25, -0.2) is 4.98 Å². The zero-order valence-corrected chi connectivity index (χ0v) is 15.4. The lowest BCUT2D eigenvalue weighted by Gasteiger charge is -2.21. The van der Waals surface area contributed by atoms with Crippen LogP contribution in [0.2, 0.25) is 0 Å². The standard InChI is InChI=1S/C21H22N4O/c1-4-9-24(5-2)21(26)17-12-19(20-23-8-10-25(20)14-17)18-7-6-16(13-22)11-15(18)3/h6-8,10-12,14H,4-5,9H2,1-3H3. The van der Waals surface area contributed by atoms with Gasteiger partial charge in [0.2, 0.25) is 0 Å². The van der Waals surface area contributed by atoms with E-state index in [4.69, 9.17) is 5.26 Å². The second-order valence-electron chi connectivity index (χ2n) is 6.33. The number of aromatic nitrogens is 2. The molecule has 1 aromatic carbocycles. The topological polar surface area (TPSA) is 61.4 Å². The van der Waals surface area contributed by atoms with Crippen molar-refractivity contribution in [1.29, 1.82) is 5.26 Å². The Hall–Kier alpha value is -3.13. The Morgan fingerprint density at radius 1 is 1.27 bits per heavy atom. The van der Waals surface area contributed by atoms with Crippen LogP contribution >= 0.6 is 0 Å². The average molecular weight is 346 g/mol. The number of carbonyl (C=O) groups is 1. The molecule has 26 heavy (non-hydrogen) atoms. The molecule has 0 aliphatic heterocycles. The van der Waals surface area contributed by atoms with E-state index < -0.39 is 0 Å². The van der Waals surface area contributed by atoms with Gasteiger partial charge in [-0.05, 0) is 49.6 Å². The molecule has 1 amide bonds. The summed E-state index contributed by atoms with van der Waals surface area (Å²) in [6, 6.07) is 9.66. The number of carbonyl (C=O) groups excluding carboxylic acids is 1. The molecule has 132 valence electrons. The van der Waals surface area contributed by atoms with Gasteiger partial charge in [-0.1, -0.05) is 13.0 Å². The summed E-state index contributed by atoms with van der Waals surface area (Å²) in [6.07, 6.45) is 6.35. The molecule has 0 aliphatic rings. The van der Waals surface area contributed by atoms with Gasteiger partial charge in [0.25, 0.3) is 5.91 Å². The molecule has 0 aliphatic carbocycles. The maximum absolute atomic E-state index is 12.9. The van der Waals surface area contributed by atoms with Gasteiger partial charge in [0.05, 0.1) is 17.2 Å². The number of hydrogen-bond donors (Lipinski definition) is 0. The number of hydrogen-bond acceptors (Lipinski definition) is 3. The van der Waals surface area contributed by atoms with E-state index in [2.05, 4.69) is 18.0 Å². The fourth-order valence-corrected chi connectivity index (χ4v) is 3.24. The van der Waals surface area contributed by atoms with Crippen molar-refractivity contribution in [1.82, 2.24) is 14.3 Å². The predicted octanol–water partition coefficient (Wildman–Crippen LogP) is 4.05. The third-order valence-corrected chi connectivity index (χ3v) is 4.54.